The molecule has 0 aliphatic carbocycles. The lowest BCUT2D eigenvalue weighted by Gasteiger charge is -2.05. The van der Waals surface area contributed by atoms with Crippen LogP contribution in [0.4, 0.5) is 5.69 Å². The third-order valence-corrected chi connectivity index (χ3v) is 3.88. The summed E-state index contributed by atoms with van der Waals surface area (Å²) in [4.78, 5) is 11.2. The average Bonchev–Trinajstić information content (AvgIpc) is 2.59. The number of nitrogen functional groups attached to an aromatic ring is 1. The molecule has 90 valence electrons. The molecular weight excluding hydrogens is 304 g/mol. The highest BCUT2D eigenvalue weighted by Crippen LogP contribution is 2.25. The van der Waals surface area contributed by atoms with E-state index in [1.54, 1.807) is 7.05 Å². The summed E-state index contributed by atoms with van der Waals surface area (Å²) >= 11 is 4.82. The van der Waals surface area contributed by atoms with Crippen molar-refractivity contribution in [1.29, 1.82) is 0 Å². The smallest absolute Gasteiger partial charge is 0.343 e. The Bertz CT molecular complexity index is 592. The first-order valence-electron chi connectivity index (χ1n) is 4.86. The van der Waals surface area contributed by atoms with Gasteiger partial charge in [0.05, 0.1) is 0 Å². The number of rotatable bonds is 3. The van der Waals surface area contributed by atoms with E-state index in [4.69, 9.17) is 5.73 Å². The van der Waals surface area contributed by atoms with Crippen LogP contribution in [0.25, 0.3) is 0 Å². The molecule has 0 radical (unpaired) electrons. The summed E-state index contributed by atoms with van der Waals surface area (Å²) in [5.41, 5.74) is 7.43. The van der Waals surface area contributed by atoms with E-state index < -0.39 is 0 Å². The number of aromatic nitrogens is 3. The quantitative estimate of drug-likeness (QED) is 0.668. The first kappa shape index (κ1) is 12.3. The molecule has 2 aromatic rings. The van der Waals surface area contributed by atoms with Crippen molar-refractivity contribution in [2.75, 3.05) is 5.73 Å². The molecule has 7 heteroatoms. The number of halogens is 1. The number of nitrogens with two attached hydrogens (primary N) is 1. The van der Waals surface area contributed by atoms with Gasteiger partial charge in [-0.05, 0) is 17.7 Å². The van der Waals surface area contributed by atoms with Crippen molar-refractivity contribution < 1.29 is 0 Å². The summed E-state index contributed by atoms with van der Waals surface area (Å²) in [6.45, 7) is 0. The number of hydrogen-bond donors (Lipinski definition) is 2. The van der Waals surface area contributed by atoms with E-state index in [9.17, 15) is 4.79 Å². The number of nitrogens with one attached hydrogen (secondary N) is 1. The highest BCUT2D eigenvalue weighted by Gasteiger charge is 2.06. The van der Waals surface area contributed by atoms with Gasteiger partial charge in [-0.1, -0.05) is 33.8 Å². The lowest BCUT2D eigenvalue weighted by Crippen LogP contribution is -2.12. The third-order valence-electron chi connectivity index (χ3n) is 2.30. The Morgan fingerprint density at radius 2 is 2.35 bits per heavy atom. The van der Waals surface area contributed by atoms with E-state index >= 15 is 0 Å². The molecule has 1 heterocycles. The second kappa shape index (κ2) is 4.97. The molecule has 0 spiro atoms. The summed E-state index contributed by atoms with van der Waals surface area (Å²) in [6, 6.07) is 5.76. The molecule has 0 aliphatic heterocycles. The van der Waals surface area contributed by atoms with Crippen molar-refractivity contribution in [3.05, 3.63) is 38.7 Å². The lowest BCUT2D eigenvalue weighted by molar-refractivity contribution is 0.766. The van der Waals surface area contributed by atoms with Gasteiger partial charge in [-0.15, -0.1) is 5.10 Å². The SMILES string of the molecule is Cn1c(SCc2ccc(Br)cc2N)n[nH]c1=O. The number of thioether (sulfide) groups is 1. The molecule has 0 unspecified atom stereocenters. The van der Waals surface area contributed by atoms with Crippen LogP contribution in [-0.4, -0.2) is 14.8 Å². The largest absolute Gasteiger partial charge is 0.398 e. The van der Waals surface area contributed by atoms with Crippen molar-refractivity contribution >= 4 is 33.4 Å². The minimum absolute atomic E-state index is 0.212. The highest BCUT2D eigenvalue weighted by molar-refractivity contribution is 9.10. The van der Waals surface area contributed by atoms with Crippen LogP contribution in [0.2, 0.25) is 0 Å². The maximum Gasteiger partial charge on any atom is 0.343 e. The number of benzene rings is 1. The Morgan fingerprint density at radius 3 is 2.94 bits per heavy atom. The molecule has 3 N–H and O–H groups in total. The predicted octanol–water partition coefficient (Wildman–Crippen LogP) is 1.75. The Kier molecular flexibility index (Phi) is 3.58. The zero-order valence-corrected chi connectivity index (χ0v) is 11.5. The molecule has 17 heavy (non-hydrogen) atoms. The van der Waals surface area contributed by atoms with Crippen LogP contribution in [0.1, 0.15) is 5.56 Å². The van der Waals surface area contributed by atoms with Crippen LogP contribution in [0.5, 0.6) is 0 Å². The Balaban J connectivity index is 2.12. The molecule has 0 amide bonds. The summed E-state index contributed by atoms with van der Waals surface area (Å²) in [6.07, 6.45) is 0. The van der Waals surface area contributed by atoms with Gasteiger partial charge in [0.2, 0.25) is 0 Å². The van der Waals surface area contributed by atoms with Crippen molar-refractivity contribution in [3.63, 3.8) is 0 Å². The average molecular weight is 315 g/mol. The van der Waals surface area contributed by atoms with Crippen LogP contribution >= 0.6 is 27.7 Å². The molecule has 0 aliphatic rings. The fraction of sp³-hybridized carbons (Fsp3) is 0.200. The van der Waals surface area contributed by atoms with Gasteiger partial charge in [-0.2, -0.15) is 0 Å². The number of nitrogens with zero attached hydrogens (tertiary/aromatic N) is 2. The monoisotopic (exact) mass is 314 g/mol. The second-order valence-corrected chi connectivity index (χ2v) is 5.36. The highest BCUT2D eigenvalue weighted by atomic mass is 79.9. The van der Waals surface area contributed by atoms with Gasteiger partial charge in [0.15, 0.2) is 5.16 Å². The number of aromatic amines is 1. The van der Waals surface area contributed by atoms with Crippen molar-refractivity contribution in [1.82, 2.24) is 14.8 Å². The molecule has 0 saturated carbocycles. The van der Waals surface area contributed by atoms with Crippen LogP contribution in [0.15, 0.2) is 32.6 Å². The van der Waals surface area contributed by atoms with Crippen molar-refractivity contribution in [2.24, 2.45) is 7.05 Å². The zero-order valence-electron chi connectivity index (χ0n) is 9.11. The van der Waals surface area contributed by atoms with E-state index in [-0.39, 0.29) is 5.69 Å². The molecule has 0 saturated heterocycles. The maximum atomic E-state index is 11.2. The minimum atomic E-state index is -0.212. The summed E-state index contributed by atoms with van der Waals surface area (Å²) in [5.74, 6) is 0.678. The van der Waals surface area contributed by atoms with Crippen molar-refractivity contribution in [2.45, 2.75) is 10.9 Å². The molecular formula is C10H11BrN4OS. The Morgan fingerprint density at radius 1 is 1.59 bits per heavy atom. The first-order valence-corrected chi connectivity index (χ1v) is 6.64. The molecule has 5 nitrogen and oxygen atoms in total. The Labute approximate surface area is 111 Å². The van der Waals surface area contributed by atoms with E-state index in [0.29, 0.717) is 10.9 Å². The molecule has 1 aromatic carbocycles. The maximum absolute atomic E-state index is 11.2. The van der Waals surface area contributed by atoms with E-state index in [2.05, 4.69) is 26.1 Å². The van der Waals surface area contributed by atoms with Gasteiger partial charge in [-0.3, -0.25) is 4.57 Å². The Hall–Kier alpha value is -1.21. The normalized spacial score (nSPS) is 10.7. The van der Waals surface area contributed by atoms with Crippen molar-refractivity contribution in [3.8, 4) is 0 Å². The third kappa shape index (κ3) is 2.73. The van der Waals surface area contributed by atoms with Crippen LogP contribution in [0.3, 0.4) is 0 Å². The minimum Gasteiger partial charge on any atom is -0.398 e. The van der Waals surface area contributed by atoms with E-state index in [1.165, 1.54) is 16.3 Å². The standard InChI is InChI=1S/C10H11BrN4OS/c1-15-9(16)13-14-10(15)17-5-6-2-3-7(11)4-8(6)12/h2-4H,5,12H2,1H3,(H,13,16). The number of hydrogen-bond acceptors (Lipinski definition) is 4. The molecule has 1 aromatic heterocycles. The van der Waals surface area contributed by atoms with E-state index in [1.807, 2.05) is 18.2 Å². The summed E-state index contributed by atoms with van der Waals surface area (Å²) in [5, 5.41) is 6.96. The van der Waals surface area contributed by atoms with E-state index in [0.717, 1.165) is 15.7 Å². The topological polar surface area (TPSA) is 76.7 Å². The van der Waals surface area contributed by atoms with Gasteiger partial charge in [0, 0.05) is 23.0 Å². The summed E-state index contributed by atoms with van der Waals surface area (Å²) in [7, 11) is 1.68. The van der Waals surface area contributed by atoms with Gasteiger partial charge < -0.3 is 5.73 Å². The molecule has 0 bridgehead atoms. The molecule has 2 rings (SSSR count). The molecule has 0 fully saturated rings. The number of H-pyrrole nitrogens is 1. The van der Waals surface area contributed by atoms with Gasteiger partial charge in [0.25, 0.3) is 0 Å². The fourth-order valence-electron chi connectivity index (χ4n) is 1.30. The molecule has 0 atom stereocenters. The summed E-state index contributed by atoms with van der Waals surface area (Å²) < 4.78 is 2.43. The van der Waals surface area contributed by atoms with Gasteiger partial charge in [0.1, 0.15) is 0 Å². The van der Waals surface area contributed by atoms with Gasteiger partial charge in [-0.25, -0.2) is 9.89 Å². The fourth-order valence-corrected chi connectivity index (χ4v) is 2.61. The zero-order chi connectivity index (χ0) is 12.4. The van der Waals surface area contributed by atoms with Gasteiger partial charge >= 0.3 is 5.69 Å². The number of anilines is 1. The van der Waals surface area contributed by atoms with Crippen LogP contribution in [0, 0.1) is 0 Å². The second-order valence-electron chi connectivity index (χ2n) is 3.50. The predicted molar refractivity (Wildman–Crippen MR) is 71.9 cm³/mol. The first-order chi connectivity index (χ1) is 8.08. The van der Waals surface area contributed by atoms with Crippen LogP contribution < -0.4 is 11.4 Å². The lowest BCUT2D eigenvalue weighted by atomic mass is 10.2. The van der Waals surface area contributed by atoms with Crippen LogP contribution in [-0.2, 0) is 12.8 Å².